The fourth-order valence-electron chi connectivity index (χ4n) is 2.89. The number of hydrogen-bond donors (Lipinski definition) is 0. The summed E-state index contributed by atoms with van der Waals surface area (Å²) in [5.74, 6) is 0.909. The van der Waals surface area contributed by atoms with Gasteiger partial charge in [0.05, 0.1) is 13.2 Å². The fourth-order valence-corrected chi connectivity index (χ4v) is 2.89. The largest absolute Gasteiger partial charge is 0.490 e. The first-order chi connectivity index (χ1) is 12.6. The smallest absolute Gasteiger partial charge is 0.254 e. The summed E-state index contributed by atoms with van der Waals surface area (Å²) in [5.41, 5.74) is 1.49. The molecule has 0 saturated heterocycles. The fraction of sp³-hybridized carbons (Fsp3) is 0.381. The van der Waals surface area contributed by atoms with Gasteiger partial charge >= 0.3 is 0 Å². The minimum atomic E-state index is -0.272. The summed E-state index contributed by atoms with van der Waals surface area (Å²) in [6.45, 7) is 5.31. The molecule has 0 N–H and O–H groups in total. The van der Waals surface area contributed by atoms with Crippen LogP contribution in [0.5, 0.6) is 11.5 Å². The molecule has 2 aromatic carbocycles. The van der Waals surface area contributed by atoms with Gasteiger partial charge in [0.25, 0.3) is 5.91 Å². The van der Waals surface area contributed by atoms with Crippen LogP contribution in [0.1, 0.15) is 42.6 Å². The van der Waals surface area contributed by atoms with Crippen LogP contribution < -0.4 is 9.47 Å². The molecule has 1 fully saturated rings. The van der Waals surface area contributed by atoms with Crippen LogP contribution in [0.3, 0.4) is 0 Å². The molecule has 0 heterocycles. The number of hydrogen-bond acceptors (Lipinski definition) is 3. The molecular weight excluding hydrogens is 333 g/mol. The van der Waals surface area contributed by atoms with Crippen LogP contribution in [0.15, 0.2) is 42.5 Å². The van der Waals surface area contributed by atoms with Crippen molar-refractivity contribution < 1.29 is 18.7 Å². The molecule has 0 bridgehead atoms. The van der Waals surface area contributed by atoms with Crippen molar-refractivity contribution in [3.8, 4) is 11.5 Å². The quantitative estimate of drug-likeness (QED) is 0.702. The molecule has 0 aliphatic heterocycles. The van der Waals surface area contributed by atoms with Gasteiger partial charge in [0.15, 0.2) is 11.5 Å². The molecule has 5 heteroatoms. The van der Waals surface area contributed by atoms with E-state index in [2.05, 4.69) is 0 Å². The van der Waals surface area contributed by atoms with Gasteiger partial charge in [0.2, 0.25) is 0 Å². The Morgan fingerprint density at radius 3 is 2.31 bits per heavy atom. The maximum Gasteiger partial charge on any atom is 0.254 e. The molecule has 4 nitrogen and oxygen atoms in total. The average molecular weight is 357 g/mol. The van der Waals surface area contributed by atoms with Crippen molar-refractivity contribution in [1.29, 1.82) is 0 Å². The Labute approximate surface area is 153 Å². The number of halogens is 1. The van der Waals surface area contributed by atoms with Crippen molar-refractivity contribution >= 4 is 5.91 Å². The first kappa shape index (κ1) is 18.2. The van der Waals surface area contributed by atoms with E-state index in [0.29, 0.717) is 36.8 Å². The second-order valence-electron chi connectivity index (χ2n) is 6.32. The van der Waals surface area contributed by atoms with Crippen molar-refractivity contribution in [3.63, 3.8) is 0 Å². The number of carbonyl (C=O) groups is 1. The first-order valence-electron chi connectivity index (χ1n) is 9.07. The summed E-state index contributed by atoms with van der Waals surface area (Å²) in [4.78, 5) is 14.9. The van der Waals surface area contributed by atoms with Gasteiger partial charge in [-0.1, -0.05) is 12.1 Å². The summed E-state index contributed by atoms with van der Waals surface area (Å²) in [6, 6.07) is 11.8. The molecule has 1 aliphatic carbocycles. The molecule has 0 spiro atoms. The van der Waals surface area contributed by atoms with Crippen molar-refractivity contribution in [2.45, 2.75) is 39.3 Å². The third-order valence-corrected chi connectivity index (χ3v) is 4.31. The number of nitrogens with zero attached hydrogens (tertiary/aromatic N) is 1. The van der Waals surface area contributed by atoms with Gasteiger partial charge in [0, 0.05) is 18.2 Å². The van der Waals surface area contributed by atoms with E-state index in [1.165, 1.54) is 12.1 Å². The van der Waals surface area contributed by atoms with Gasteiger partial charge in [-0.3, -0.25) is 4.79 Å². The number of amides is 1. The average Bonchev–Trinajstić information content (AvgIpc) is 3.47. The monoisotopic (exact) mass is 357 g/mol. The van der Waals surface area contributed by atoms with Crippen LogP contribution in [0, 0.1) is 5.82 Å². The van der Waals surface area contributed by atoms with Crippen molar-refractivity contribution in [2.24, 2.45) is 0 Å². The Balaban J connectivity index is 1.82. The standard InChI is InChI=1S/C21H24FNO3/c1-3-25-19-12-7-16(13-20(19)26-4-2)21(24)23(18-10-11-18)14-15-5-8-17(22)9-6-15/h5-9,12-13,18H,3-4,10-11,14H2,1-2H3. The van der Waals surface area contributed by atoms with E-state index >= 15 is 0 Å². The second-order valence-corrected chi connectivity index (χ2v) is 6.32. The molecule has 1 aliphatic rings. The molecule has 0 atom stereocenters. The van der Waals surface area contributed by atoms with Gasteiger partial charge in [-0.25, -0.2) is 4.39 Å². The molecule has 0 aromatic heterocycles. The highest BCUT2D eigenvalue weighted by atomic mass is 19.1. The maximum atomic E-state index is 13.1. The molecule has 2 aromatic rings. The summed E-state index contributed by atoms with van der Waals surface area (Å²) >= 11 is 0. The third kappa shape index (κ3) is 4.34. The lowest BCUT2D eigenvalue weighted by molar-refractivity contribution is 0.0729. The van der Waals surface area contributed by atoms with Crippen LogP contribution in [-0.2, 0) is 6.54 Å². The highest BCUT2D eigenvalue weighted by Crippen LogP contribution is 2.33. The van der Waals surface area contributed by atoms with E-state index < -0.39 is 0 Å². The first-order valence-corrected chi connectivity index (χ1v) is 9.07. The van der Waals surface area contributed by atoms with E-state index in [1.807, 2.05) is 18.7 Å². The van der Waals surface area contributed by atoms with Crippen LogP contribution in [0.25, 0.3) is 0 Å². The van der Waals surface area contributed by atoms with Crippen molar-refractivity contribution in [2.75, 3.05) is 13.2 Å². The highest BCUT2D eigenvalue weighted by molar-refractivity contribution is 5.95. The Kier molecular flexibility index (Phi) is 5.76. The van der Waals surface area contributed by atoms with E-state index in [4.69, 9.17) is 9.47 Å². The Morgan fingerprint density at radius 1 is 1.04 bits per heavy atom. The maximum absolute atomic E-state index is 13.1. The third-order valence-electron chi connectivity index (χ3n) is 4.31. The molecule has 0 radical (unpaired) electrons. The molecule has 1 saturated carbocycles. The van der Waals surface area contributed by atoms with Crippen molar-refractivity contribution in [1.82, 2.24) is 4.90 Å². The van der Waals surface area contributed by atoms with Crippen LogP contribution in [0.4, 0.5) is 4.39 Å². The second kappa shape index (κ2) is 8.21. The molecule has 138 valence electrons. The topological polar surface area (TPSA) is 38.8 Å². The van der Waals surface area contributed by atoms with E-state index in [-0.39, 0.29) is 17.8 Å². The SMILES string of the molecule is CCOc1ccc(C(=O)N(Cc2ccc(F)cc2)C2CC2)cc1OCC. The summed E-state index contributed by atoms with van der Waals surface area (Å²) < 4.78 is 24.3. The summed E-state index contributed by atoms with van der Waals surface area (Å²) in [7, 11) is 0. The lowest BCUT2D eigenvalue weighted by Crippen LogP contribution is -2.32. The zero-order valence-corrected chi connectivity index (χ0v) is 15.2. The number of benzene rings is 2. The van der Waals surface area contributed by atoms with Crippen LogP contribution in [-0.4, -0.2) is 30.1 Å². The van der Waals surface area contributed by atoms with Gasteiger partial charge in [0.1, 0.15) is 5.82 Å². The van der Waals surface area contributed by atoms with Crippen LogP contribution in [0.2, 0.25) is 0 Å². The lowest BCUT2D eigenvalue weighted by atomic mass is 10.1. The lowest BCUT2D eigenvalue weighted by Gasteiger charge is -2.23. The number of rotatable bonds is 8. The predicted octanol–water partition coefficient (Wildman–Crippen LogP) is 4.43. The van der Waals surface area contributed by atoms with Crippen molar-refractivity contribution in [3.05, 3.63) is 59.4 Å². The Bertz CT molecular complexity index is 756. The highest BCUT2D eigenvalue weighted by Gasteiger charge is 2.33. The van der Waals surface area contributed by atoms with E-state index in [0.717, 1.165) is 18.4 Å². The normalized spacial score (nSPS) is 13.3. The van der Waals surface area contributed by atoms with Crippen LogP contribution >= 0.6 is 0 Å². The summed E-state index contributed by atoms with van der Waals surface area (Å²) in [6.07, 6.45) is 2.00. The molecule has 1 amide bonds. The minimum absolute atomic E-state index is 0.0409. The summed E-state index contributed by atoms with van der Waals surface area (Å²) in [5, 5.41) is 0. The van der Waals surface area contributed by atoms with Gasteiger partial charge in [-0.05, 0) is 62.6 Å². The Hall–Kier alpha value is -2.56. The zero-order chi connectivity index (χ0) is 18.5. The molecule has 26 heavy (non-hydrogen) atoms. The Morgan fingerprint density at radius 2 is 1.69 bits per heavy atom. The van der Waals surface area contributed by atoms with E-state index in [1.54, 1.807) is 30.3 Å². The predicted molar refractivity (Wildman–Crippen MR) is 98.1 cm³/mol. The zero-order valence-electron chi connectivity index (χ0n) is 15.2. The van der Waals surface area contributed by atoms with E-state index in [9.17, 15) is 9.18 Å². The van der Waals surface area contributed by atoms with Gasteiger partial charge < -0.3 is 14.4 Å². The molecule has 3 rings (SSSR count). The minimum Gasteiger partial charge on any atom is -0.490 e. The number of ether oxygens (including phenoxy) is 2. The van der Waals surface area contributed by atoms with Gasteiger partial charge in [-0.15, -0.1) is 0 Å². The van der Waals surface area contributed by atoms with Gasteiger partial charge in [-0.2, -0.15) is 0 Å². The molecule has 0 unspecified atom stereocenters. The number of carbonyl (C=O) groups excluding carboxylic acids is 1. The molecular formula is C21H24FNO3.